The molecule has 0 saturated heterocycles. The first kappa shape index (κ1) is 15.7. The monoisotopic (exact) mass is 335 g/mol. The van der Waals surface area contributed by atoms with Gasteiger partial charge in [0.05, 0.1) is 11.4 Å². The fraction of sp³-hybridized carbons (Fsp3) is 0.467. The largest absolute Gasteiger partial charge is 0.369 e. The van der Waals surface area contributed by atoms with E-state index < -0.39 is 5.38 Å². The highest BCUT2D eigenvalue weighted by Gasteiger charge is 2.31. The average Bonchev–Trinajstić information content (AvgIpc) is 3.09. The van der Waals surface area contributed by atoms with E-state index in [-0.39, 0.29) is 28.5 Å². The SMILES string of the molecule is CCNc1c(N=C2C=C(C)C(=O)C(Cl)C2=N)c(=O)n2n1CCC2. The fourth-order valence-electron chi connectivity index (χ4n) is 2.87. The van der Waals surface area contributed by atoms with Gasteiger partial charge in [-0.15, -0.1) is 11.6 Å². The molecule has 122 valence electrons. The number of Topliss-reactive ketones (excluding diaryl/α,β-unsaturated/α-hetero) is 1. The zero-order valence-corrected chi connectivity index (χ0v) is 13.8. The van der Waals surface area contributed by atoms with Crippen LogP contribution in [0.1, 0.15) is 20.3 Å². The van der Waals surface area contributed by atoms with Gasteiger partial charge in [-0.2, -0.15) is 0 Å². The van der Waals surface area contributed by atoms with Crippen LogP contribution in [-0.4, -0.2) is 38.5 Å². The molecule has 7 nitrogen and oxygen atoms in total. The lowest BCUT2D eigenvalue weighted by molar-refractivity contribution is -0.114. The molecule has 1 aromatic heterocycles. The van der Waals surface area contributed by atoms with Gasteiger partial charge in [-0.3, -0.25) is 14.3 Å². The molecule has 0 saturated carbocycles. The van der Waals surface area contributed by atoms with Crippen LogP contribution in [0.4, 0.5) is 11.5 Å². The second kappa shape index (κ2) is 5.81. The summed E-state index contributed by atoms with van der Waals surface area (Å²) in [6, 6.07) is 0. The summed E-state index contributed by atoms with van der Waals surface area (Å²) in [5.74, 6) is 0.364. The third kappa shape index (κ3) is 2.45. The Labute approximate surface area is 138 Å². The molecule has 1 aromatic rings. The Morgan fingerprint density at radius 2 is 2.09 bits per heavy atom. The minimum atomic E-state index is -1.04. The Morgan fingerprint density at radius 1 is 1.39 bits per heavy atom. The third-order valence-corrected chi connectivity index (χ3v) is 4.45. The van der Waals surface area contributed by atoms with Gasteiger partial charge in [0.15, 0.2) is 17.3 Å². The molecular weight excluding hydrogens is 318 g/mol. The first-order valence-corrected chi connectivity index (χ1v) is 8.01. The third-order valence-electron chi connectivity index (χ3n) is 4.03. The van der Waals surface area contributed by atoms with E-state index in [9.17, 15) is 9.59 Å². The molecule has 2 aliphatic rings. The number of nitrogens with zero attached hydrogens (tertiary/aromatic N) is 3. The molecule has 0 fully saturated rings. The molecule has 23 heavy (non-hydrogen) atoms. The minimum absolute atomic E-state index is 0.0690. The molecule has 1 aliphatic heterocycles. The maximum atomic E-state index is 12.6. The minimum Gasteiger partial charge on any atom is -0.369 e. The van der Waals surface area contributed by atoms with Gasteiger partial charge in [-0.05, 0) is 31.9 Å². The van der Waals surface area contributed by atoms with Gasteiger partial charge in [0.2, 0.25) is 0 Å². The summed E-state index contributed by atoms with van der Waals surface area (Å²) < 4.78 is 3.54. The van der Waals surface area contributed by atoms with Gasteiger partial charge < -0.3 is 10.7 Å². The second-order valence-corrected chi connectivity index (χ2v) is 6.03. The molecule has 1 unspecified atom stereocenters. The van der Waals surface area contributed by atoms with Crippen LogP contribution >= 0.6 is 11.6 Å². The number of rotatable bonds is 3. The quantitative estimate of drug-likeness (QED) is 0.824. The van der Waals surface area contributed by atoms with E-state index in [0.29, 0.717) is 24.5 Å². The van der Waals surface area contributed by atoms with E-state index >= 15 is 0 Å². The highest BCUT2D eigenvalue weighted by molar-refractivity contribution is 6.63. The lowest BCUT2D eigenvalue weighted by Crippen LogP contribution is -2.35. The van der Waals surface area contributed by atoms with Crippen molar-refractivity contribution in [3.63, 3.8) is 0 Å². The molecular formula is C15H18ClN5O2. The number of alkyl halides is 1. The van der Waals surface area contributed by atoms with Crippen LogP contribution in [-0.2, 0) is 17.9 Å². The topological polar surface area (TPSA) is 92.2 Å². The number of hydrogen-bond donors (Lipinski definition) is 2. The molecule has 0 amide bonds. The Bertz CT molecular complexity index is 815. The van der Waals surface area contributed by atoms with Crippen molar-refractivity contribution in [2.75, 3.05) is 11.9 Å². The first-order chi connectivity index (χ1) is 11.0. The van der Waals surface area contributed by atoms with Crippen LogP contribution in [0.15, 0.2) is 21.4 Å². The fourth-order valence-corrected chi connectivity index (χ4v) is 3.16. The summed E-state index contributed by atoms with van der Waals surface area (Å²) >= 11 is 5.99. The molecule has 0 aromatic carbocycles. The summed E-state index contributed by atoms with van der Waals surface area (Å²) in [5, 5.41) is 10.2. The normalized spacial score (nSPS) is 22.5. The molecule has 3 rings (SSSR count). The van der Waals surface area contributed by atoms with Crippen LogP contribution in [0.5, 0.6) is 0 Å². The van der Waals surface area contributed by atoms with E-state index in [4.69, 9.17) is 17.0 Å². The van der Waals surface area contributed by atoms with Crippen molar-refractivity contribution >= 4 is 40.3 Å². The number of aliphatic imine (C=N–C) groups is 1. The van der Waals surface area contributed by atoms with E-state index in [0.717, 1.165) is 13.0 Å². The molecule has 0 radical (unpaired) electrons. The van der Waals surface area contributed by atoms with Crippen molar-refractivity contribution in [3.05, 3.63) is 22.0 Å². The van der Waals surface area contributed by atoms with Crippen molar-refractivity contribution in [2.24, 2.45) is 4.99 Å². The van der Waals surface area contributed by atoms with Gasteiger partial charge in [0, 0.05) is 19.6 Å². The zero-order chi connectivity index (χ0) is 16.7. The van der Waals surface area contributed by atoms with E-state index in [1.54, 1.807) is 11.6 Å². The lowest BCUT2D eigenvalue weighted by Gasteiger charge is -2.16. The standard InChI is InChI=1S/C15H18ClN5O2/c1-3-18-14-12(15(23)21-6-4-5-20(14)21)19-9-7-8(2)13(22)10(16)11(9)17/h7,10,17-18H,3-6H2,1-2H3. The Hall–Kier alpha value is -2.15. The highest BCUT2D eigenvalue weighted by atomic mass is 35.5. The molecule has 0 spiro atoms. The summed E-state index contributed by atoms with van der Waals surface area (Å²) in [6.07, 6.45) is 2.43. The van der Waals surface area contributed by atoms with Crippen LogP contribution < -0.4 is 10.9 Å². The van der Waals surface area contributed by atoms with Gasteiger partial charge in [-0.1, -0.05) is 0 Å². The number of halogens is 1. The lowest BCUT2D eigenvalue weighted by atomic mass is 9.95. The summed E-state index contributed by atoms with van der Waals surface area (Å²) in [7, 11) is 0. The van der Waals surface area contributed by atoms with Crippen LogP contribution in [0.3, 0.4) is 0 Å². The first-order valence-electron chi connectivity index (χ1n) is 7.57. The van der Waals surface area contributed by atoms with E-state index in [1.165, 1.54) is 6.08 Å². The Balaban J connectivity index is 2.15. The maximum absolute atomic E-state index is 12.6. The van der Waals surface area contributed by atoms with Gasteiger partial charge >= 0.3 is 0 Å². The number of aromatic nitrogens is 2. The van der Waals surface area contributed by atoms with Crippen molar-refractivity contribution in [1.82, 2.24) is 9.36 Å². The number of carbonyl (C=O) groups is 1. The number of ketones is 1. The predicted octanol–water partition coefficient (Wildman–Crippen LogP) is 1.71. The van der Waals surface area contributed by atoms with Crippen molar-refractivity contribution in [3.8, 4) is 0 Å². The molecule has 1 aliphatic carbocycles. The van der Waals surface area contributed by atoms with Crippen LogP contribution in [0, 0.1) is 5.41 Å². The van der Waals surface area contributed by atoms with Crippen LogP contribution in [0.25, 0.3) is 0 Å². The maximum Gasteiger partial charge on any atom is 0.294 e. The number of carbonyl (C=O) groups excluding carboxylic acids is 1. The van der Waals surface area contributed by atoms with Gasteiger partial charge in [0.1, 0.15) is 5.38 Å². The van der Waals surface area contributed by atoms with E-state index in [2.05, 4.69) is 10.3 Å². The zero-order valence-electron chi connectivity index (χ0n) is 13.0. The van der Waals surface area contributed by atoms with Crippen molar-refractivity contribution in [2.45, 2.75) is 38.7 Å². The number of anilines is 1. The summed E-state index contributed by atoms with van der Waals surface area (Å²) in [6.45, 7) is 5.65. The van der Waals surface area contributed by atoms with Crippen LogP contribution in [0.2, 0.25) is 0 Å². The van der Waals surface area contributed by atoms with E-state index in [1.807, 2.05) is 11.6 Å². The summed E-state index contributed by atoms with van der Waals surface area (Å²) in [4.78, 5) is 28.8. The molecule has 1 atom stereocenters. The Morgan fingerprint density at radius 3 is 2.78 bits per heavy atom. The average molecular weight is 336 g/mol. The van der Waals surface area contributed by atoms with Gasteiger partial charge in [0.25, 0.3) is 5.56 Å². The molecule has 2 N–H and O–H groups in total. The number of fused-ring (bicyclic) bond motifs is 1. The number of nitrogens with one attached hydrogen (secondary N) is 2. The predicted molar refractivity (Wildman–Crippen MR) is 90.7 cm³/mol. The second-order valence-electron chi connectivity index (χ2n) is 5.60. The smallest absolute Gasteiger partial charge is 0.294 e. The number of hydrogen-bond acceptors (Lipinski definition) is 5. The Kier molecular flexibility index (Phi) is 3.97. The molecule has 2 heterocycles. The van der Waals surface area contributed by atoms with Gasteiger partial charge in [-0.25, -0.2) is 9.67 Å². The van der Waals surface area contributed by atoms with Crippen molar-refractivity contribution < 1.29 is 4.79 Å². The molecule has 0 bridgehead atoms. The summed E-state index contributed by atoms with van der Waals surface area (Å²) in [5.41, 5.74) is 0.724. The highest BCUT2D eigenvalue weighted by Crippen LogP contribution is 2.27. The molecule has 8 heteroatoms. The number of allylic oxidation sites excluding steroid dienone is 2. The van der Waals surface area contributed by atoms with Crippen molar-refractivity contribution in [1.29, 1.82) is 5.41 Å².